The third-order valence-electron chi connectivity index (χ3n) is 3.50. The molecule has 0 bridgehead atoms. The summed E-state index contributed by atoms with van der Waals surface area (Å²) in [5.41, 5.74) is 2.15. The Bertz CT molecular complexity index is 590. The van der Waals surface area contributed by atoms with E-state index in [9.17, 15) is 4.39 Å². The molecule has 0 aliphatic carbocycles. The van der Waals surface area contributed by atoms with E-state index in [0.717, 1.165) is 36.8 Å². The fraction of sp³-hybridized carbons (Fsp3) is 0.500. The fourth-order valence-electron chi connectivity index (χ4n) is 2.56. The highest BCUT2D eigenvalue weighted by Gasteiger charge is 2.14. The van der Waals surface area contributed by atoms with Gasteiger partial charge in [0, 0.05) is 30.7 Å². The SMILES string of the molecule is CCCn1cc(CCN(C)C)c2c(OC)cc(F)cc21. The first-order chi connectivity index (χ1) is 9.56. The Labute approximate surface area is 119 Å². The standard InChI is InChI=1S/C16H23FN2O/c1-5-7-19-11-12(6-8-18(2)3)16-14(19)9-13(17)10-15(16)20-4/h9-11H,5-8H2,1-4H3. The molecule has 0 N–H and O–H groups in total. The van der Waals surface area contributed by atoms with E-state index in [2.05, 4.69) is 36.7 Å². The van der Waals surface area contributed by atoms with Gasteiger partial charge < -0.3 is 14.2 Å². The number of methoxy groups -OCH3 is 1. The van der Waals surface area contributed by atoms with Gasteiger partial charge in [-0.3, -0.25) is 0 Å². The topological polar surface area (TPSA) is 17.4 Å². The van der Waals surface area contributed by atoms with Gasteiger partial charge in [-0.15, -0.1) is 0 Å². The molecule has 110 valence electrons. The van der Waals surface area contributed by atoms with Gasteiger partial charge in [0.2, 0.25) is 0 Å². The molecule has 4 heteroatoms. The van der Waals surface area contributed by atoms with E-state index in [-0.39, 0.29) is 5.82 Å². The van der Waals surface area contributed by atoms with Crippen molar-refractivity contribution in [3.05, 3.63) is 29.7 Å². The van der Waals surface area contributed by atoms with E-state index in [1.54, 1.807) is 13.2 Å². The fourth-order valence-corrected chi connectivity index (χ4v) is 2.56. The van der Waals surface area contributed by atoms with Crippen LogP contribution in [0.15, 0.2) is 18.3 Å². The van der Waals surface area contributed by atoms with Gasteiger partial charge in [0.1, 0.15) is 11.6 Å². The van der Waals surface area contributed by atoms with Crippen LogP contribution in [0.4, 0.5) is 4.39 Å². The van der Waals surface area contributed by atoms with Crippen molar-refractivity contribution < 1.29 is 9.13 Å². The van der Waals surface area contributed by atoms with E-state index < -0.39 is 0 Å². The van der Waals surface area contributed by atoms with E-state index in [1.165, 1.54) is 11.6 Å². The third kappa shape index (κ3) is 2.96. The smallest absolute Gasteiger partial charge is 0.131 e. The molecule has 1 aromatic carbocycles. The van der Waals surface area contributed by atoms with Crippen molar-refractivity contribution in [1.29, 1.82) is 0 Å². The first-order valence-corrected chi connectivity index (χ1v) is 7.06. The number of likely N-dealkylation sites (N-methyl/N-ethyl adjacent to an activating group) is 1. The number of nitrogens with zero attached hydrogens (tertiary/aromatic N) is 2. The Morgan fingerprint density at radius 2 is 2.05 bits per heavy atom. The molecule has 0 aliphatic rings. The number of aromatic nitrogens is 1. The van der Waals surface area contributed by atoms with Gasteiger partial charge in [-0.2, -0.15) is 0 Å². The average Bonchev–Trinajstić information content (AvgIpc) is 2.74. The predicted molar refractivity (Wildman–Crippen MR) is 81.0 cm³/mol. The lowest BCUT2D eigenvalue weighted by molar-refractivity contribution is 0.410. The van der Waals surface area contributed by atoms with Gasteiger partial charge in [-0.25, -0.2) is 4.39 Å². The number of aryl methyl sites for hydroxylation is 1. The molecule has 0 atom stereocenters. The molecule has 1 heterocycles. The lowest BCUT2D eigenvalue weighted by Gasteiger charge is -2.09. The van der Waals surface area contributed by atoms with Crippen molar-refractivity contribution in [2.24, 2.45) is 0 Å². The molecule has 0 saturated heterocycles. The minimum absolute atomic E-state index is 0.246. The van der Waals surface area contributed by atoms with Crippen LogP contribution in [0.1, 0.15) is 18.9 Å². The van der Waals surface area contributed by atoms with Gasteiger partial charge in [0.25, 0.3) is 0 Å². The number of ether oxygens (including phenoxy) is 1. The van der Waals surface area contributed by atoms with Crippen molar-refractivity contribution in [1.82, 2.24) is 9.47 Å². The number of benzene rings is 1. The molecule has 0 unspecified atom stereocenters. The van der Waals surface area contributed by atoms with Crippen LogP contribution in [0, 0.1) is 5.82 Å². The maximum absolute atomic E-state index is 13.7. The maximum atomic E-state index is 13.7. The normalized spacial score (nSPS) is 11.5. The molecule has 3 nitrogen and oxygen atoms in total. The van der Waals surface area contributed by atoms with E-state index >= 15 is 0 Å². The van der Waals surface area contributed by atoms with Gasteiger partial charge >= 0.3 is 0 Å². The molecule has 0 amide bonds. The minimum atomic E-state index is -0.246. The Kier molecular flexibility index (Phi) is 4.65. The molecule has 1 aromatic heterocycles. The summed E-state index contributed by atoms with van der Waals surface area (Å²) in [6.07, 6.45) is 4.09. The number of rotatable bonds is 6. The lowest BCUT2D eigenvalue weighted by atomic mass is 10.1. The van der Waals surface area contributed by atoms with E-state index in [0.29, 0.717) is 5.75 Å². The molecule has 2 rings (SSSR count). The number of hydrogen-bond donors (Lipinski definition) is 0. The molecule has 20 heavy (non-hydrogen) atoms. The van der Waals surface area contributed by atoms with Crippen LogP contribution in [0.5, 0.6) is 5.75 Å². The number of halogens is 1. The van der Waals surface area contributed by atoms with Crippen LogP contribution in [0.3, 0.4) is 0 Å². The van der Waals surface area contributed by atoms with Crippen molar-refractivity contribution in [2.45, 2.75) is 26.3 Å². The van der Waals surface area contributed by atoms with Crippen molar-refractivity contribution in [3.8, 4) is 5.75 Å². The largest absolute Gasteiger partial charge is 0.496 e. The Morgan fingerprint density at radius 3 is 2.65 bits per heavy atom. The van der Waals surface area contributed by atoms with Gasteiger partial charge in [0.15, 0.2) is 0 Å². The number of hydrogen-bond acceptors (Lipinski definition) is 2. The zero-order valence-corrected chi connectivity index (χ0v) is 12.7. The van der Waals surface area contributed by atoms with Gasteiger partial charge in [-0.1, -0.05) is 6.92 Å². The second-order valence-corrected chi connectivity index (χ2v) is 5.40. The quantitative estimate of drug-likeness (QED) is 0.806. The molecule has 0 saturated carbocycles. The maximum Gasteiger partial charge on any atom is 0.131 e. The number of fused-ring (bicyclic) bond motifs is 1. The average molecular weight is 278 g/mol. The Morgan fingerprint density at radius 1 is 1.30 bits per heavy atom. The van der Waals surface area contributed by atoms with Gasteiger partial charge in [0.05, 0.1) is 12.6 Å². The summed E-state index contributed by atoms with van der Waals surface area (Å²) in [6, 6.07) is 3.07. The molecule has 2 aromatic rings. The summed E-state index contributed by atoms with van der Waals surface area (Å²) < 4.78 is 21.2. The zero-order chi connectivity index (χ0) is 14.7. The van der Waals surface area contributed by atoms with Crippen molar-refractivity contribution in [3.63, 3.8) is 0 Å². The molecular weight excluding hydrogens is 255 g/mol. The Balaban J connectivity index is 2.55. The van der Waals surface area contributed by atoms with Crippen LogP contribution >= 0.6 is 0 Å². The molecular formula is C16H23FN2O. The molecule has 0 radical (unpaired) electrons. The zero-order valence-electron chi connectivity index (χ0n) is 12.7. The Hall–Kier alpha value is -1.55. The first kappa shape index (κ1) is 14.9. The summed E-state index contributed by atoms with van der Waals surface area (Å²) in [6.45, 7) is 3.98. The minimum Gasteiger partial charge on any atom is -0.496 e. The first-order valence-electron chi connectivity index (χ1n) is 7.06. The predicted octanol–water partition coefficient (Wildman–Crippen LogP) is 3.30. The van der Waals surface area contributed by atoms with Gasteiger partial charge in [-0.05, 0) is 38.6 Å². The second kappa shape index (κ2) is 6.27. The van der Waals surface area contributed by atoms with Crippen molar-refractivity contribution in [2.75, 3.05) is 27.7 Å². The summed E-state index contributed by atoms with van der Waals surface area (Å²) in [7, 11) is 5.71. The summed E-state index contributed by atoms with van der Waals surface area (Å²) in [5, 5.41) is 1.05. The van der Waals surface area contributed by atoms with E-state index in [4.69, 9.17) is 4.74 Å². The van der Waals surface area contributed by atoms with Crippen LogP contribution in [-0.2, 0) is 13.0 Å². The van der Waals surface area contributed by atoms with Crippen LogP contribution < -0.4 is 4.74 Å². The molecule has 0 spiro atoms. The van der Waals surface area contributed by atoms with Crippen LogP contribution in [-0.4, -0.2) is 37.2 Å². The lowest BCUT2D eigenvalue weighted by Crippen LogP contribution is -2.14. The van der Waals surface area contributed by atoms with Crippen molar-refractivity contribution >= 4 is 10.9 Å². The highest BCUT2D eigenvalue weighted by Crippen LogP contribution is 2.32. The molecule has 0 fully saturated rings. The summed E-state index contributed by atoms with van der Waals surface area (Å²) in [4.78, 5) is 2.15. The summed E-state index contributed by atoms with van der Waals surface area (Å²) in [5.74, 6) is 0.382. The molecule has 0 aliphatic heterocycles. The summed E-state index contributed by atoms with van der Waals surface area (Å²) >= 11 is 0. The monoisotopic (exact) mass is 278 g/mol. The van der Waals surface area contributed by atoms with Crippen LogP contribution in [0.2, 0.25) is 0 Å². The highest BCUT2D eigenvalue weighted by molar-refractivity contribution is 5.90. The highest BCUT2D eigenvalue weighted by atomic mass is 19.1. The third-order valence-corrected chi connectivity index (χ3v) is 3.50. The van der Waals surface area contributed by atoms with E-state index in [1.807, 2.05) is 0 Å². The van der Waals surface area contributed by atoms with Crippen LogP contribution in [0.25, 0.3) is 10.9 Å². The second-order valence-electron chi connectivity index (χ2n) is 5.40.